The van der Waals surface area contributed by atoms with Crippen LogP contribution in [0, 0.1) is 0 Å². The third-order valence-electron chi connectivity index (χ3n) is 4.55. The Labute approximate surface area is 158 Å². The molecule has 0 amide bonds. The molecule has 1 aromatic carbocycles. The molecule has 1 aliphatic heterocycles. The third-order valence-corrected chi connectivity index (χ3v) is 6.44. The van der Waals surface area contributed by atoms with Gasteiger partial charge in [0.05, 0.1) is 5.69 Å². The van der Waals surface area contributed by atoms with Crippen molar-refractivity contribution in [2.24, 2.45) is 0 Å². The van der Waals surface area contributed by atoms with E-state index in [-0.39, 0.29) is 4.90 Å². The Morgan fingerprint density at radius 2 is 1.59 bits per heavy atom. The van der Waals surface area contributed by atoms with Crippen molar-refractivity contribution in [2.45, 2.75) is 4.90 Å². The number of benzene rings is 1. The fraction of sp³-hybridized carbons (Fsp3) is 0.211. The van der Waals surface area contributed by atoms with Crippen LogP contribution in [0.25, 0.3) is 11.3 Å². The maximum atomic E-state index is 12.7. The van der Waals surface area contributed by atoms with Gasteiger partial charge in [-0.05, 0) is 24.3 Å². The van der Waals surface area contributed by atoms with Gasteiger partial charge in [-0.2, -0.15) is 4.31 Å². The van der Waals surface area contributed by atoms with E-state index in [4.69, 9.17) is 0 Å². The summed E-state index contributed by atoms with van der Waals surface area (Å²) in [5, 5.41) is 8.63. The number of aromatic nitrogens is 3. The van der Waals surface area contributed by atoms with Crippen molar-refractivity contribution >= 4 is 15.8 Å². The van der Waals surface area contributed by atoms with Crippen LogP contribution in [0.2, 0.25) is 0 Å². The summed E-state index contributed by atoms with van der Waals surface area (Å²) in [6, 6.07) is 17.0. The highest BCUT2D eigenvalue weighted by atomic mass is 32.2. The Balaban J connectivity index is 1.44. The lowest BCUT2D eigenvalue weighted by Crippen LogP contribution is -2.49. The summed E-state index contributed by atoms with van der Waals surface area (Å²) in [6.45, 7) is 1.94. The van der Waals surface area contributed by atoms with Crippen molar-refractivity contribution in [3.63, 3.8) is 0 Å². The monoisotopic (exact) mass is 381 g/mol. The van der Waals surface area contributed by atoms with Crippen LogP contribution in [-0.2, 0) is 10.0 Å². The first-order valence-corrected chi connectivity index (χ1v) is 10.1. The maximum absolute atomic E-state index is 12.7. The van der Waals surface area contributed by atoms with Gasteiger partial charge in [0.1, 0.15) is 4.90 Å². The molecule has 3 heterocycles. The molecule has 0 unspecified atom stereocenters. The molecule has 0 spiro atoms. The number of sulfonamides is 1. The van der Waals surface area contributed by atoms with Crippen LogP contribution in [-0.4, -0.2) is 54.1 Å². The number of nitrogens with zero attached hydrogens (tertiary/aromatic N) is 5. The van der Waals surface area contributed by atoms with Gasteiger partial charge in [0, 0.05) is 44.1 Å². The number of hydrogen-bond donors (Lipinski definition) is 0. The summed E-state index contributed by atoms with van der Waals surface area (Å²) in [4.78, 5) is 6.19. The summed E-state index contributed by atoms with van der Waals surface area (Å²) >= 11 is 0. The number of anilines is 1. The zero-order chi connectivity index (χ0) is 18.7. The lowest BCUT2D eigenvalue weighted by molar-refractivity contribution is 0.383. The van der Waals surface area contributed by atoms with Gasteiger partial charge in [0.15, 0.2) is 5.82 Å². The Morgan fingerprint density at radius 1 is 0.815 bits per heavy atom. The van der Waals surface area contributed by atoms with Gasteiger partial charge in [-0.1, -0.05) is 30.3 Å². The molecule has 2 aromatic heterocycles. The number of rotatable bonds is 4. The van der Waals surface area contributed by atoms with Gasteiger partial charge in [0.2, 0.25) is 10.0 Å². The first-order valence-electron chi connectivity index (χ1n) is 8.69. The average molecular weight is 381 g/mol. The lowest BCUT2D eigenvalue weighted by Gasteiger charge is -2.34. The molecule has 3 aromatic rings. The first-order chi connectivity index (χ1) is 13.1. The molecule has 1 fully saturated rings. The third kappa shape index (κ3) is 3.67. The normalized spacial score (nSPS) is 15.6. The Bertz CT molecular complexity index is 987. The van der Waals surface area contributed by atoms with E-state index in [0.717, 1.165) is 17.1 Å². The van der Waals surface area contributed by atoms with E-state index >= 15 is 0 Å². The fourth-order valence-corrected chi connectivity index (χ4v) is 4.45. The van der Waals surface area contributed by atoms with Crippen molar-refractivity contribution in [3.05, 3.63) is 67.0 Å². The quantitative estimate of drug-likeness (QED) is 0.688. The molecular formula is C19H19N5O2S. The SMILES string of the molecule is O=S(=O)(c1cccnc1)N1CCN(c2ccc(-c3ccccc3)nn2)CC1. The van der Waals surface area contributed by atoms with Crippen LogP contribution in [0.15, 0.2) is 71.9 Å². The van der Waals surface area contributed by atoms with E-state index in [1.54, 1.807) is 18.3 Å². The molecule has 8 heteroatoms. The highest BCUT2D eigenvalue weighted by Gasteiger charge is 2.29. The molecular weight excluding hydrogens is 362 g/mol. The van der Waals surface area contributed by atoms with Gasteiger partial charge in [-0.15, -0.1) is 10.2 Å². The molecule has 0 N–H and O–H groups in total. The molecule has 4 rings (SSSR count). The van der Waals surface area contributed by atoms with E-state index in [0.29, 0.717) is 26.2 Å². The van der Waals surface area contributed by atoms with E-state index in [9.17, 15) is 8.42 Å². The van der Waals surface area contributed by atoms with Crippen LogP contribution >= 0.6 is 0 Å². The smallest absolute Gasteiger partial charge is 0.244 e. The second-order valence-electron chi connectivity index (χ2n) is 6.22. The average Bonchev–Trinajstić information content (AvgIpc) is 2.75. The van der Waals surface area contributed by atoms with E-state index < -0.39 is 10.0 Å². The summed E-state index contributed by atoms with van der Waals surface area (Å²) < 4.78 is 26.8. The number of hydrogen-bond acceptors (Lipinski definition) is 6. The summed E-state index contributed by atoms with van der Waals surface area (Å²) in [7, 11) is -3.50. The van der Waals surface area contributed by atoms with Crippen molar-refractivity contribution in [3.8, 4) is 11.3 Å². The topological polar surface area (TPSA) is 79.3 Å². The minimum atomic E-state index is -3.50. The van der Waals surface area contributed by atoms with Crippen LogP contribution in [0.1, 0.15) is 0 Å². The highest BCUT2D eigenvalue weighted by Crippen LogP contribution is 2.21. The van der Waals surface area contributed by atoms with Crippen LogP contribution in [0.4, 0.5) is 5.82 Å². The molecule has 0 radical (unpaired) electrons. The first kappa shape index (κ1) is 17.6. The van der Waals surface area contributed by atoms with Crippen LogP contribution in [0.3, 0.4) is 0 Å². The Hall–Kier alpha value is -2.84. The van der Waals surface area contributed by atoms with E-state index in [1.807, 2.05) is 42.5 Å². The molecule has 138 valence electrons. The van der Waals surface area contributed by atoms with Gasteiger partial charge in [-0.25, -0.2) is 8.42 Å². The summed E-state index contributed by atoms with van der Waals surface area (Å²) in [6.07, 6.45) is 2.95. The van der Waals surface area contributed by atoms with Gasteiger partial charge in [0.25, 0.3) is 0 Å². The van der Waals surface area contributed by atoms with Crippen molar-refractivity contribution in [1.29, 1.82) is 0 Å². The second-order valence-corrected chi connectivity index (χ2v) is 8.16. The van der Waals surface area contributed by atoms with Crippen LogP contribution < -0.4 is 4.90 Å². The molecule has 0 atom stereocenters. The highest BCUT2D eigenvalue weighted by molar-refractivity contribution is 7.89. The molecule has 7 nitrogen and oxygen atoms in total. The number of piperazine rings is 1. The van der Waals surface area contributed by atoms with Crippen LogP contribution in [0.5, 0.6) is 0 Å². The minimum absolute atomic E-state index is 0.227. The van der Waals surface area contributed by atoms with Gasteiger partial charge in [-0.3, -0.25) is 4.98 Å². The lowest BCUT2D eigenvalue weighted by atomic mass is 10.1. The summed E-state index contributed by atoms with van der Waals surface area (Å²) in [5.41, 5.74) is 1.83. The van der Waals surface area contributed by atoms with E-state index in [1.165, 1.54) is 10.5 Å². The second kappa shape index (κ2) is 7.42. The molecule has 0 aliphatic carbocycles. The van der Waals surface area contributed by atoms with Gasteiger partial charge >= 0.3 is 0 Å². The predicted molar refractivity (Wildman–Crippen MR) is 103 cm³/mol. The molecule has 1 saturated heterocycles. The largest absolute Gasteiger partial charge is 0.352 e. The van der Waals surface area contributed by atoms with E-state index in [2.05, 4.69) is 20.1 Å². The van der Waals surface area contributed by atoms with Gasteiger partial charge < -0.3 is 4.90 Å². The maximum Gasteiger partial charge on any atom is 0.244 e. The fourth-order valence-electron chi connectivity index (χ4n) is 3.06. The summed E-state index contributed by atoms with van der Waals surface area (Å²) in [5.74, 6) is 0.758. The van der Waals surface area contributed by atoms with Crippen molar-refractivity contribution in [1.82, 2.24) is 19.5 Å². The zero-order valence-electron chi connectivity index (χ0n) is 14.6. The molecule has 27 heavy (non-hydrogen) atoms. The van der Waals surface area contributed by atoms with Crippen molar-refractivity contribution < 1.29 is 8.42 Å². The standard InChI is InChI=1S/C19H19N5O2S/c25-27(26,17-7-4-10-20-15-17)24-13-11-23(12-14-24)19-9-8-18(21-22-19)16-5-2-1-3-6-16/h1-10,15H,11-14H2. The van der Waals surface area contributed by atoms with Crippen molar-refractivity contribution in [2.75, 3.05) is 31.1 Å². The molecule has 0 saturated carbocycles. The minimum Gasteiger partial charge on any atom is -0.352 e. The Kier molecular flexibility index (Phi) is 4.83. The molecule has 0 bridgehead atoms. The zero-order valence-corrected chi connectivity index (χ0v) is 15.5. The molecule has 1 aliphatic rings. The Morgan fingerprint density at radius 3 is 2.22 bits per heavy atom. The number of pyridine rings is 1. The predicted octanol–water partition coefficient (Wildman–Crippen LogP) is 2.05.